The molecule has 0 spiro atoms. The van der Waals surface area contributed by atoms with Gasteiger partial charge in [0.1, 0.15) is 0 Å². The number of nitrogens with zero attached hydrogens (tertiary/aromatic N) is 4. The molecule has 2 aromatic rings. The molecular weight excluding hydrogens is 550 g/mol. The highest BCUT2D eigenvalue weighted by molar-refractivity contribution is 9.10. The van der Waals surface area contributed by atoms with Gasteiger partial charge >= 0.3 is 6.09 Å². The van der Waals surface area contributed by atoms with Crippen molar-refractivity contribution in [2.45, 2.75) is 36.7 Å². The summed E-state index contributed by atoms with van der Waals surface area (Å²) in [6.07, 6.45) is 4.39. The van der Waals surface area contributed by atoms with Gasteiger partial charge in [-0.1, -0.05) is 15.9 Å². The molecule has 3 heterocycles. The van der Waals surface area contributed by atoms with Crippen molar-refractivity contribution in [2.75, 3.05) is 44.2 Å². The van der Waals surface area contributed by atoms with Crippen LogP contribution in [0.3, 0.4) is 0 Å². The number of rotatable bonds is 7. The summed E-state index contributed by atoms with van der Waals surface area (Å²) in [4.78, 5) is 33.3. The van der Waals surface area contributed by atoms with Crippen LogP contribution in [0.25, 0.3) is 0 Å². The number of alkyl carbamates (subject to hydrolysis) is 1. The molecule has 2 unspecified atom stereocenters. The van der Waals surface area contributed by atoms with Crippen molar-refractivity contribution in [3.8, 4) is 0 Å². The minimum Gasteiger partial charge on any atom is -0.450 e. The van der Waals surface area contributed by atoms with Crippen LogP contribution in [-0.2, 0) is 19.6 Å². The molecule has 1 aromatic carbocycles. The van der Waals surface area contributed by atoms with E-state index in [9.17, 15) is 18.0 Å². The number of anilines is 1. The van der Waals surface area contributed by atoms with Crippen LogP contribution in [0, 0.1) is 0 Å². The van der Waals surface area contributed by atoms with Crippen LogP contribution >= 0.6 is 15.9 Å². The fraction of sp³-hybridized carbons (Fsp3) is 0.458. The first-order valence-electron chi connectivity index (χ1n) is 11.9. The van der Waals surface area contributed by atoms with E-state index in [-0.39, 0.29) is 36.0 Å². The number of carbonyl (C=O) groups excluding carboxylic acids is 2. The van der Waals surface area contributed by atoms with Crippen LogP contribution in [0.5, 0.6) is 0 Å². The van der Waals surface area contributed by atoms with E-state index in [1.54, 1.807) is 36.4 Å². The summed E-state index contributed by atoms with van der Waals surface area (Å²) < 4.78 is 33.2. The molecule has 0 saturated carbocycles. The quantitative estimate of drug-likeness (QED) is 0.536. The van der Waals surface area contributed by atoms with E-state index in [1.165, 1.54) is 16.4 Å². The summed E-state index contributed by atoms with van der Waals surface area (Å²) in [7, 11) is -3.76. The van der Waals surface area contributed by atoms with Gasteiger partial charge in [0.25, 0.3) is 0 Å². The van der Waals surface area contributed by atoms with E-state index in [1.807, 2.05) is 12.1 Å². The van der Waals surface area contributed by atoms with Gasteiger partial charge in [-0.3, -0.25) is 9.78 Å². The normalized spacial score (nSPS) is 21.3. The molecule has 0 aliphatic carbocycles. The molecule has 0 bridgehead atoms. The monoisotopic (exact) mass is 579 g/mol. The van der Waals surface area contributed by atoms with Gasteiger partial charge in [0.05, 0.1) is 18.0 Å². The highest BCUT2D eigenvalue weighted by Crippen LogP contribution is 2.27. The van der Waals surface area contributed by atoms with E-state index in [4.69, 9.17) is 4.74 Å². The Kier molecular flexibility index (Phi) is 8.47. The number of piperidine rings is 1. The van der Waals surface area contributed by atoms with E-state index in [0.717, 1.165) is 16.6 Å². The van der Waals surface area contributed by atoms with E-state index in [2.05, 4.69) is 31.1 Å². The number of hydrogen-bond acceptors (Lipinski definition) is 7. The summed E-state index contributed by atoms with van der Waals surface area (Å²) in [5.74, 6) is -0.239. The second kappa shape index (κ2) is 11.6. The van der Waals surface area contributed by atoms with Gasteiger partial charge in [-0.05, 0) is 56.2 Å². The number of piperazine rings is 1. The molecule has 2 atom stereocenters. The lowest BCUT2D eigenvalue weighted by molar-refractivity contribution is -0.134. The minimum absolute atomic E-state index is 0.0633. The lowest BCUT2D eigenvalue weighted by Gasteiger charge is -2.44. The molecule has 10 nitrogen and oxygen atoms in total. The van der Waals surface area contributed by atoms with Gasteiger partial charge in [0, 0.05) is 60.8 Å². The molecule has 1 N–H and O–H groups in total. The van der Waals surface area contributed by atoms with Crippen molar-refractivity contribution in [2.24, 2.45) is 0 Å². The third-order valence-corrected chi connectivity index (χ3v) is 8.86. The molecule has 1 aromatic heterocycles. The fourth-order valence-corrected chi connectivity index (χ4v) is 6.31. The smallest absolute Gasteiger partial charge is 0.407 e. The van der Waals surface area contributed by atoms with Crippen LogP contribution in [0.1, 0.15) is 19.8 Å². The number of ether oxygens (including phenoxy) is 1. The van der Waals surface area contributed by atoms with Crippen LogP contribution < -0.4 is 10.2 Å². The van der Waals surface area contributed by atoms with Crippen molar-refractivity contribution in [1.29, 1.82) is 0 Å². The molecule has 2 saturated heterocycles. The summed E-state index contributed by atoms with van der Waals surface area (Å²) >= 11 is 3.31. The Morgan fingerprint density at radius 3 is 2.53 bits per heavy atom. The van der Waals surface area contributed by atoms with Crippen LogP contribution in [0.4, 0.5) is 10.5 Å². The first-order chi connectivity index (χ1) is 17.3. The Morgan fingerprint density at radius 2 is 1.86 bits per heavy atom. The number of hydrogen-bond donors (Lipinski definition) is 1. The molecule has 194 valence electrons. The molecule has 2 amide bonds. The van der Waals surface area contributed by atoms with Gasteiger partial charge in [-0.2, -0.15) is 4.31 Å². The van der Waals surface area contributed by atoms with Crippen LogP contribution in [0.2, 0.25) is 0 Å². The Bertz CT molecular complexity index is 1170. The lowest BCUT2D eigenvalue weighted by atomic mass is 9.95. The van der Waals surface area contributed by atoms with Gasteiger partial charge in [-0.15, -0.1) is 0 Å². The topological polar surface area (TPSA) is 112 Å². The molecule has 2 fully saturated rings. The van der Waals surface area contributed by atoms with Gasteiger partial charge in [0.15, 0.2) is 0 Å². The average molecular weight is 581 g/mol. The predicted molar refractivity (Wildman–Crippen MR) is 138 cm³/mol. The molecule has 0 radical (unpaired) electrons. The zero-order valence-corrected chi connectivity index (χ0v) is 22.4. The number of benzene rings is 1. The Hall–Kier alpha value is -2.70. The fourth-order valence-electron chi connectivity index (χ4n) is 4.67. The highest BCUT2D eigenvalue weighted by Gasteiger charge is 2.36. The summed E-state index contributed by atoms with van der Waals surface area (Å²) in [6.45, 7) is 3.49. The van der Waals surface area contributed by atoms with Crippen LogP contribution in [0.15, 0.2) is 58.2 Å². The molecule has 2 aliphatic rings. The summed E-state index contributed by atoms with van der Waals surface area (Å²) in [5, 5.41) is 2.92. The van der Waals surface area contributed by atoms with Crippen molar-refractivity contribution < 1.29 is 22.7 Å². The van der Waals surface area contributed by atoms with Gasteiger partial charge < -0.3 is 19.9 Å². The third-order valence-electron chi connectivity index (χ3n) is 6.47. The number of amides is 2. The minimum atomic E-state index is -3.76. The molecule has 2 aliphatic heterocycles. The standard InChI is InChI=1S/C24H30BrN5O5S/c1-2-35-24(32)27-19-9-12-30(20-7-10-26-11-8-20)21(15-19)16-28-13-14-29(17-23(28)31)36(33,34)22-5-3-18(25)4-6-22/h3-8,10-11,19,21H,2,9,12-17H2,1H3,(H,27,32). The number of aromatic nitrogens is 1. The summed E-state index contributed by atoms with van der Waals surface area (Å²) in [6, 6.07) is 10.1. The number of halogens is 1. The van der Waals surface area contributed by atoms with Crippen molar-refractivity contribution in [1.82, 2.24) is 19.5 Å². The predicted octanol–water partition coefficient (Wildman–Crippen LogP) is 2.46. The number of sulfonamides is 1. The second-order valence-corrected chi connectivity index (χ2v) is 11.6. The highest BCUT2D eigenvalue weighted by atomic mass is 79.9. The average Bonchev–Trinajstić information content (AvgIpc) is 2.86. The largest absolute Gasteiger partial charge is 0.450 e. The zero-order chi connectivity index (χ0) is 25.7. The number of carbonyl (C=O) groups is 2. The number of nitrogens with one attached hydrogen (secondary N) is 1. The Balaban J connectivity index is 1.45. The van der Waals surface area contributed by atoms with Crippen LogP contribution in [-0.4, -0.2) is 86.0 Å². The van der Waals surface area contributed by atoms with Gasteiger partial charge in [-0.25, -0.2) is 13.2 Å². The van der Waals surface area contributed by atoms with Crippen molar-refractivity contribution in [3.63, 3.8) is 0 Å². The first-order valence-corrected chi connectivity index (χ1v) is 14.1. The molecule has 4 rings (SSSR count). The second-order valence-electron chi connectivity index (χ2n) is 8.77. The van der Waals surface area contributed by atoms with E-state index in [0.29, 0.717) is 32.7 Å². The first kappa shape index (κ1) is 26.4. The maximum Gasteiger partial charge on any atom is 0.407 e. The Labute approximate surface area is 219 Å². The zero-order valence-electron chi connectivity index (χ0n) is 20.0. The third kappa shape index (κ3) is 6.16. The molecular formula is C24H30BrN5O5S. The Morgan fingerprint density at radius 1 is 1.14 bits per heavy atom. The van der Waals surface area contributed by atoms with E-state index < -0.39 is 16.1 Å². The maximum atomic E-state index is 13.1. The van der Waals surface area contributed by atoms with Crippen molar-refractivity contribution >= 4 is 43.6 Å². The van der Waals surface area contributed by atoms with Gasteiger partial charge in [0.2, 0.25) is 15.9 Å². The van der Waals surface area contributed by atoms with Crippen molar-refractivity contribution in [3.05, 3.63) is 53.3 Å². The number of pyridine rings is 1. The SMILES string of the molecule is CCOC(=O)NC1CCN(c2ccncc2)C(CN2CCN(S(=O)(=O)c3ccc(Br)cc3)CC2=O)C1. The summed E-state index contributed by atoms with van der Waals surface area (Å²) in [5.41, 5.74) is 0.994. The maximum absolute atomic E-state index is 13.1. The lowest BCUT2D eigenvalue weighted by Crippen LogP contribution is -2.58. The van der Waals surface area contributed by atoms with E-state index >= 15 is 0 Å². The molecule has 12 heteroatoms. The molecule has 36 heavy (non-hydrogen) atoms.